The zero-order valence-electron chi connectivity index (χ0n) is 10.5. The molecule has 1 unspecified atom stereocenters. The van der Waals surface area contributed by atoms with Gasteiger partial charge in [-0.15, -0.1) is 0 Å². The number of carbonyl (C=O) groups is 1. The third-order valence-corrected chi connectivity index (χ3v) is 3.50. The van der Waals surface area contributed by atoms with Crippen molar-refractivity contribution in [1.82, 2.24) is 5.32 Å². The van der Waals surface area contributed by atoms with Gasteiger partial charge in [0.25, 0.3) is 0 Å². The number of amides is 1. The van der Waals surface area contributed by atoms with E-state index in [2.05, 4.69) is 5.32 Å². The smallest absolute Gasteiger partial charge is 0.391 e. The molecule has 1 fully saturated rings. The summed E-state index contributed by atoms with van der Waals surface area (Å²) in [5, 5.41) is 11.5. The standard InChI is InChI=1S/C12H20F3NO2/c1-8(7-17)6-16-11(18)9-2-4-10(5-3-9)12(13,14)15/h8-10,17H,2-7H2,1H3,(H,16,18). The second-order valence-corrected chi connectivity index (χ2v) is 5.12. The van der Waals surface area contributed by atoms with Crippen molar-refractivity contribution in [2.75, 3.05) is 13.2 Å². The van der Waals surface area contributed by atoms with E-state index in [1.54, 1.807) is 6.92 Å². The van der Waals surface area contributed by atoms with Crippen LogP contribution in [0.15, 0.2) is 0 Å². The van der Waals surface area contributed by atoms with E-state index < -0.39 is 12.1 Å². The first kappa shape index (κ1) is 15.3. The first-order valence-electron chi connectivity index (χ1n) is 6.30. The Balaban J connectivity index is 2.32. The molecule has 1 saturated carbocycles. The summed E-state index contributed by atoms with van der Waals surface area (Å²) in [5.41, 5.74) is 0. The van der Waals surface area contributed by atoms with Gasteiger partial charge in [0.2, 0.25) is 5.91 Å². The molecule has 0 aromatic heterocycles. The Hall–Kier alpha value is -0.780. The number of hydrogen-bond donors (Lipinski definition) is 2. The number of hydrogen-bond acceptors (Lipinski definition) is 2. The minimum Gasteiger partial charge on any atom is -0.396 e. The molecule has 18 heavy (non-hydrogen) atoms. The fraction of sp³-hybridized carbons (Fsp3) is 0.917. The van der Waals surface area contributed by atoms with E-state index in [0.717, 1.165) is 0 Å². The van der Waals surface area contributed by atoms with Gasteiger partial charge in [-0.2, -0.15) is 13.2 Å². The molecule has 0 aliphatic heterocycles. The Labute approximate surface area is 105 Å². The van der Waals surface area contributed by atoms with E-state index in [1.807, 2.05) is 0 Å². The number of carbonyl (C=O) groups excluding carboxylic acids is 1. The van der Waals surface area contributed by atoms with Crippen LogP contribution < -0.4 is 5.32 Å². The Morgan fingerprint density at radius 3 is 2.33 bits per heavy atom. The first-order chi connectivity index (χ1) is 8.34. The topological polar surface area (TPSA) is 49.3 Å². The van der Waals surface area contributed by atoms with Crippen LogP contribution in [-0.4, -0.2) is 30.3 Å². The zero-order chi connectivity index (χ0) is 13.8. The molecule has 1 rings (SSSR count). The number of aliphatic hydroxyl groups excluding tert-OH is 1. The average molecular weight is 267 g/mol. The predicted octanol–water partition coefficient (Wildman–Crippen LogP) is 2.10. The summed E-state index contributed by atoms with van der Waals surface area (Å²) in [6.45, 7) is 2.15. The maximum absolute atomic E-state index is 12.4. The molecular weight excluding hydrogens is 247 g/mol. The quantitative estimate of drug-likeness (QED) is 0.819. The largest absolute Gasteiger partial charge is 0.396 e. The Kier molecular flexibility index (Phi) is 5.44. The lowest BCUT2D eigenvalue weighted by atomic mass is 9.81. The summed E-state index contributed by atoms with van der Waals surface area (Å²) in [4.78, 5) is 11.7. The van der Waals surface area contributed by atoms with E-state index in [0.29, 0.717) is 19.4 Å². The second kappa shape index (κ2) is 6.41. The summed E-state index contributed by atoms with van der Waals surface area (Å²) in [6, 6.07) is 0. The monoisotopic (exact) mass is 267 g/mol. The van der Waals surface area contributed by atoms with Gasteiger partial charge in [-0.3, -0.25) is 4.79 Å². The lowest BCUT2D eigenvalue weighted by Gasteiger charge is -2.29. The van der Waals surface area contributed by atoms with Gasteiger partial charge in [-0.05, 0) is 31.6 Å². The van der Waals surface area contributed by atoms with Crippen LogP contribution in [0.5, 0.6) is 0 Å². The molecule has 0 aromatic carbocycles. The highest BCUT2D eigenvalue weighted by atomic mass is 19.4. The molecule has 106 valence electrons. The Morgan fingerprint density at radius 2 is 1.89 bits per heavy atom. The summed E-state index contributed by atoms with van der Waals surface area (Å²) in [5.74, 6) is -1.77. The predicted molar refractivity (Wildman–Crippen MR) is 60.8 cm³/mol. The number of nitrogens with one attached hydrogen (secondary N) is 1. The van der Waals surface area contributed by atoms with E-state index in [-0.39, 0.29) is 37.2 Å². The highest BCUT2D eigenvalue weighted by Gasteiger charge is 2.42. The van der Waals surface area contributed by atoms with Crippen LogP contribution in [0.4, 0.5) is 13.2 Å². The van der Waals surface area contributed by atoms with Crippen LogP contribution in [0.25, 0.3) is 0 Å². The van der Waals surface area contributed by atoms with Gasteiger partial charge < -0.3 is 10.4 Å². The van der Waals surface area contributed by atoms with E-state index in [1.165, 1.54) is 0 Å². The third-order valence-electron chi connectivity index (χ3n) is 3.50. The van der Waals surface area contributed by atoms with Gasteiger partial charge >= 0.3 is 6.18 Å². The van der Waals surface area contributed by atoms with Crippen molar-refractivity contribution in [1.29, 1.82) is 0 Å². The van der Waals surface area contributed by atoms with Gasteiger partial charge in [0.15, 0.2) is 0 Å². The highest BCUT2D eigenvalue weighted by molar-refractivity contribution is 5.78. The van der Waals surface area contributed by atoms with Crippen molar-refractivity contribution in [2.24, 2.45) is 17.8 Å². The SMILES string of the molecule is CC(CO)CNC(=O)C1CCC(C(F)(F)F)CC1. The van der Waals surface area contributed by atoms with Crippen molar-refractivity contribution < 1.29 is 23.1 Å². The maximum atomic E-state index is 12.4. The van der Waals surface area contributed by atoms with Crippen LogP contribution in [0.2, 0.25) is 0 Å². The van der Waals surface area contributed by atoms with Crippen LogP contribution >= 0.6 is 0 Å². The molecule has 0 radical (unpaired) electrons. The number of aliphatic hydroxyl groups is 1. The van der Waals surface area contributed by atoms with Crippen LogP contribution in [0.3, 0.4) is 0 Å². The molecule has 3 nitrogen and oxygen atoms in total. The summed E-state index contributed by atoms with van der Waals surface area (Å²) >= 11 is 0. The molecule has 1 aliphatic rings. The normalized spacial score (nSPS) is 26.7. The summed E-state index contributed by atoms with van der Waals surface area (Å²) in [7, 11) is 0. The lowest BCUT2D eigenvalue weighted by molar-refractivity contribution is -0.184. The van der Waals surface area contributed by atoms with Gasteiger partial charge in [0, 0.05) is 19.1 Å². The summed E-state index contributed by atoms with van der Waals surface area (Å²) in [6.07, 6.45) is -3.46. The lowest BCUT2D eigenvalue weighted by Crippen LogP contribution is -2.38. The third kappa shape index (κ3) is 4.48. The van der Waals surface area contributed by atoms with Crippen LogP contribution in [0.1, 0.15) is 32.6 Å². The van der Waals surface area contributed by atoms with Gasteiger partial charge in [-0.1, -0.05) is 6.92 Å². The molecule has 1 atom stereocenters. The van der Waals surface area contributed by atoms with Gasteiger partial charge in [-0.25, -0.2) is 0 Å². The van der Waals surface area contributed by atoms with Crippen LogP contribution in [-0.2, 0) is 4.79 Å². The maximum Gasteiger partial charge on any atom is 0.391 e. The first-order valence-corrected chi connectivity index (χ1v) is 6.30. The summed E-state index contributed by atoms with van der Waals surface area (Å²) < 4.78 is 37.3. The molecule has 2 N–H and O–H groups in total. The minimum absolute atomic E-state index is 0.0128. The van der Waals surface area contributed by atoms with Crippen molar-refractivity contribution in [3.8, 4) is 0 Å². The van der Waals surface area contributed by atoms with E-state index in [4.69, 9.17) is 5.11 Å². The minimum atomic E-state index is -4.13. The van der Waals surface area contributed by atoms with Crippen molar-refractivity contribution in [3.05, 3.63) is 0 Å². The molecular formula is C12H20F3NO2. The molecule has 1 amide bonds. The highest BCUT2D eigenvalue weighted by Crippen LogP contribution is 2.39. The van der Waals surface area contributed by atoms with Crippen molar-refractivity contribution >= 4 is 5.91 Å². The number of rotatable bonds is 4. The molecule has 0 saturated heterocycles. The number of alkyl halides is 3. The molecule has 6 heteroatoms. The van der Waals surface area contributed by atoms with E-state index >= 15 is 0 Å². The van der Waals surface area contributed by atoms with Crippen molar-refractivity contribution in [3.63, 3.8) is 0 Å². The van der Waals surface area contributed by atoms with Gasteiger partial charge in [0.1, 0.15) is 0 Å². The van der Waals surface area contributed by atoms with Gasteiger partial charge in [0.05, 0.1) is 5.92 Å². The molecule has 0 bridgehead atoms. The molecule has 0 aromatic rings. The van der Waals surface area contributed by atoms with Crippen molar-refractivity contribution in [2.45, 2.75) is 38.8 Å². The van der Waals surface area contributed by atoms with E-state index in [9.17, 15) is 18.0 Å². The fourth-order valence-corrected chi connectivity index (χ4v) is 2.17. The molecule has 0 heterocycles. The fourth-order valence-electron chi connectivity index (χ4n) is 2.17. The Bertz CT molecular complexity index is 273. The molecule has 0 spiro atoms. The zero-order valence-corrected chi connectivity index (χ0v) is 10.5. The Morgan fingerprint density at radius 1 is 1.33 bits per heavy atom. The average Bonchev–Trinajstić information content (AvgIpc) is 2.34. The molecule has 1 aliphatic carbocycles. The van der Waals surface area contributed by atoms with Crippen LogP contribution in [0, 0.1) is 17.8 Å². The second-order valence-electron chi connectivity index (χ2n) is 5.12. The number of halogens is 3.